The van der Waals surface area contributed by atoms with Crippen molar-refractivity contribution in [3.63, 3.8) is 0 Å². The Kier molecular flexibility index (Phi) is 4.39. The third-order valence-electron chi connectivity index (χ3n) is 2.84. The van der Waals surface area contributed by atoms with E-state index >= 15 is 0 Å². The van der Waals surface area contributed by atoms with Crippen LogP contribution in [0.2, 0.25) is 0 Å². The Balaban J connectivity index is 2.07. The Morgan fingerprint density at radius 1 is 1.47 bits per heavy atom. The van der Waals surface area contributed by atoms with E-state index in [9.17, 15) is 9.59 Å². The number of hydrogen-bond acceptors (Lipinski definition) is 3. The molecule has 2 amide bonds. The number of nitrogens with one attached hydrogen (secondary N) is 2. The topological polar surface area (TPSA) is 67.4 Å². The summed E-state index contributed by atoms with van der Waals surface area (Å²) in [6.07, 6.45) is 1.57. The normalized spacial score (nSPS) is 13.8. The van der Waals surface area contributed by atoms with E-state index in [0.29, 0.717) is 37.4 Å². The molecule has 0 saturated heterocycles. The van der Waals surface area contributed by atoms with Gasteiger partial charge in [-0.1, -0.05) is 13.0 Å². The lowest BCUT2D eigenvalue weighted by atomic mass is 10.1. The summed E-state index contributed by atoms with van der Waals surface area (Å²) in [4.78, 5) is 23.1. The second-order valence-electron chi connectivity index (χ2n) is 4.50. The van der Waals surface area contributed by atoms with E-state index in [2.05, 4.69) is 10.6 Å². The van der Waals surface area contributed by atoms with E-state index in [-0.39, 0.29) is 11.8 Å². The molecule has 0 aromatic heterocycles. The first-order valence-electron chi connectivity index (χ1n) is 6.51. The van der Waals surface area contributed by atoms with Crippen molar-refractivity contribution in [2.24, 2.45) is 0 Å². The van der Waals surface area contributed by atoms with Crippen LogP contribution in [-0.2, 0) is 16.0 Å². The van der Waals surface area contributed by atoms with Crippen LogP contribution in [0.4, 0.5) is 5.69 Å². The first-order valence-corrected chi connectivity index (χ1v) is 6.51. The van der Waals surface area contributed by atoms with Crippen LogP contribution >= 0.6 is 0 Å². The highest BCUT2D eigenvalue weighted by atomic mass is 16.5. The summed E-state index contributed by atoms with van der Waals surface area (Å²) in [5.74, 6) is 0.581. The lowest BCUT2D eigenvalue weighted by molar-refractivity contribution is -0.120. The molecule has 2 rings (SSSR count). The van der Waals surface area contributed by atoms with Gasteiger partial charge in [0.25, 0.3) is 0 Å². The number of carbonyl (C=O) groups is 2. The molecule has 0 bridgehead atoms. The van der Waals surface area contributed by atoms with Crippen LogP contribution in [0.1, 0.15) is 25.3 Å². The number of anilines is 1. The average Bonchev–Trinajstić information content (AvgIpc) is 2.56. The standard InChI is InChI=1S/C14H18N2O3/c1-2-6-15-14(18)9-10-3-4-12-11(8-10)16-13(17)5-7-19-12/h3-4,8H,2,5-7,9H2,1H3,(H,15,18)(H,16,17). The van der Waals surface area contributed by atoms with Gasteiger partial charge in [-0.2, -0.15) is 0 Å². The zero-order chi connectivity index (χ0) is 13.7. The number of amides is 2. The molecule has 0 radical (unpaired) electrons. The van der Waals surface area contributed by atoms with E-state index < -0.39 is 0 Å². The van der Waals surface area contributed by atoms with Gasteiger partial charge < -0.3 is 15.4 Å². The molecule has 5 nitrogen and oxygen atoms in total. The molecule has 0 aliphatic carbocycles. The van der Waals surface area contributed by atoms with E-state index in [4.69, 9.17) is 4.74 Å². The molecule has 102 valence electrons. The van der Waals surface area contributed by atoms with Crippen LogP contribution in [-0.4, -0.2) is 25.0 Å². The monoisotopic (exact) mass is 262 g/mol. The van der Waals surface area contributed by atoms with Gasteiger partial charge in [0, 0.05) is 6.54 Å². The Bertz CT molecular complexity index is 486. The first kappa shape index (κ1) is 13.4. The summed E-state index contributed by atoms with van der Waals surface area (Å²) in [6, 6.07) is 5.44. The number of rotatable bonds is 4. The summed E-state index contributed by atoms with van der Waals surface area (Å²) >= 11 is 0. The van der Waals surface area contributed by atoms with Gasteiger partial charge >= 0.3 is 0 Å². The predicted octanol–water partition coefficient (Wildman–Crippen LogP) is 1.48. The van der Waals surface area contributed by atoms with Gasteiger partial charge in [-0.25, -0.2) is 0 Å². The van der Waals surface area contributed by atoms with Gasteiger partial charge in [0.15, 0.2) is 0 Å². The molecular formula is C14H18N2O3. The van der Waals surface area contributed by atoms with Crippen LogP contribution in [0.15, 0.2) is 18.2 Å². The number of hydrogen-bond donors (Lipinski definition) is 2. The first-order chi connectivity index (χ1) is 9.19. The van der Waals surface area contributed by atoms with Gasteiger partial charge in [-0.05, 0) is 24.1 Å². The highest BCUT2D eigenvalue weighted by Crippen LogP contribution is 2.28. The van der Waals surface area contributed by atoms with Gasteiger partial charge in [0.05, 0.1) is 25.1 Å². The second kappa shape index (κ2) is 6.22. The molecule has 1 aliphatic heterocycles. The lowest BCUT2D eigenvalue weighted by Gasteiger charge is -2.09. The summed E-state index contributed by atoms with van der Waals surface area (Å²) in [5, 5.41) is 5.61. The molecule has 5 heteroatoms. The van der Waals surface area contributed by atoms with Crippen LogP contribution in [0.5, 0.6) is 5.75 Å². The summed E-state index contributed by atoms with van der Waals surface area (Å²) in [6.45, 7) is 3.08. The van der Waals surface area contributed by atoms with Crippen molar-refractivity contribution in [1.29, 1.82) is 0 Å². The largest absolute Gasteiger partial charge is 0.491 e. The highest BCUT2D eigenvalue weighted by Gasteiger charge is 2.14. The minimum atomic E-state index is -0.0636. The Labute approximate surface area is 112 Å². The van der Waals surface area contributed by atoms with Crippen LogP contribution < -0.4 is 15.4 Å². The van der Waals surface area contributed by atoms with Crippen molar-refractivity contribution in [3.8, 4) is 5.75 Å². The molecule has 2 N–H and O–H groups in total. The molecule has 0 unspecified atom stereocenters. The molecule has 1 aliphatic rings. The van der Waals surface area contributed by atoms with Crippen LogP contribution in [0, 0.1) is 0 Å². The fourth-order valence-electron chi connectivity index (χ4n) is 1.89. The second-order valence-corrected chi connectivity index (χ2v) is 4.50. The van der Waals surface area contributed by atoms with Gasteiger partial charge in [-0.3, -0.25) is 9.59 Å². The molecule has 1 aromatic rings. The highest BCUT2D eigenvalue weighted by molar-refractivity contribution is 5.93. The zero-order valence-corrected chi connectivity index (χ0v) is 11.0. The maximum Gasteiger partial charge on any atom is 0.227 e. The fourth-order valence-corrected chi connectivity index (χ4v) is 1.89. The Morgan fingerprint density at radius 2 is 2.32 bits per heavy atom. The maximum absolute atomic E-state index is 11.6. The summed E-state index contributed by atoms with van der Waals surface area (Å²) in [7, 11) is 0. The van der Waals surface area contributed by atoms with Crippen LogP contribution in [0.25, 0.3) is 0 Å². The van der Waals surface area contributed by atoms with Crippen LogP contribution in [0.3, 0.4) is 0 Å². The lowest BCUT2D eigenvalue weighted by Crippen LogP contribution is -2.25. The molecule has 0 fully saturated rings. The van der Waals surface area contributed by atoms with E-state index in [0.717, 1.165) is 12.0 Å². The third kappa shape index (κ3) is 3.71. The van der Waals surface area contributed by atoms with Crippen molar-refractivity contribution in [2.75, 3.05) is 18.5 Å². The quantitative estimate of drug-likeness (QED) is 0.863. The zero-order valence-electron chi connectivity index (χ0n) is 11.0. The smallest absolute Gasteiger partial charge is 0.227 e. The van der Waals surface area contributed by atoms with Gasteiger partial charge in [-0.15, -0.1) is 0 Å². The van der Waals surface area contributed by atoms with Crippen molar-refractivity contribution in [3.05, 3.63) is 23.8 Å². The molecule has 19 heavy (non-hydrogen) atoms. The maximum atomic E-state index is 11.6. The van der Waals surface area contributed by atoms with Crippen molar-refractivity contribution in [1.82, 2.24) is 5.32 Å². The van der Waals surface area contributed by atoms with Crippen molar-refractivity contribution in [2.45, 2.75) is 26.2 Å². The predicted molar refractivity (Wildman–Crippen MR) is 72.2 cm³/mol. The van der Waals surface area contributed by atoms with Gasteiger partial charge in [0.1, 0.15) is 5.75 Å². The summed E-state index contributed by atoms with van der Waals surface area (Å²) < 4.78 is 5.46. The molecule has 0 spiro atoms. The number of ether oxygens (including phenoxy) is 1. The van der Waals surface area contributed by atoms with E-state index in [1.54, 1.807) is 12.1 Å². The van der Waals surface area contributed by atoms with E-state index in [1.807, 2.05) is 13.0 Å². The fraction of sp³-hybridized carbons (Fsp3) is 0.429. The molecule has 0 saturated carbocycles. The molecule has 1 aromatic carbocycles. The summed E-state index contributed by atoms with van der Waals surface area (Å²) in [5.41, 5.74) is 1.50. The number of carbonyl (C=O) groups excluding carboxylic acids is 2. The average molecular weight is 262 g/mol. The molecule has 1 heterocycles. The van der Waals surface area contributed by atoms with Crippen molar-refractivity contribution >= 4 is 17.5 Å². The van der Waals surface area contributed by atoms with Crippen molar-refractivity contribution < 1.29 is 14.3 Å². The minimum absolute atomic E-state index is 0.0114. The van der Waals surface area contributed by atoms with E-state index in [1.165, 1.54) is 0 Å². The van der Waals surface area contributed by atoms with Gasteiger partial charge in [0.2, 0.25) is 11.8 Å². The molecule has 0 atom stereocenters. The minimum Gasteiger partial charge on any atom is -0.491 e. The SMILES string of the molecule is CCCNC(=O)Cc1ccc2c(c1)NC(=O)CCO2. The molecular weight excluding hydrogens is 244 g/mol. The Morgan fingerprint density at radius 3 is 3.11 bits per heavy atom. The Hall–Kier alpha value is -2.04. The third-order valence-corrected chi connectivity index (χ3v) is 2.84. The number of fused-ring (bicyclic) bond motifs is 1. The number of benzene rings is 1.